The third-order valence-corrected chi connectivity index (χ3v) is 1.81. The van der Waals surface area contributed by atoms with E-state index in [2.05, 4.69) is 11.8 Å². The van der Waals surface area contributed by atoms with E-state index >= 15 is 0 Å². The van der Waals surface area contributed by atoms with Crippen LogP contribution in [-0.2, 0) is 6.54 Å². The van der Waals surface area contributed by atoms with Gasteiger partial charge in [-0.3, -0.25) is 0 Å². The van der Waals surface area contributed by atoms with Crippen LogP contribution in [0.2, 0.25) is 0 Å². The first-order chi connectivity index (χ1) is 5.40. The first-order valence-corrected chi connectivity index (χ1v) is 3.65. The molecule has 56 valence electrons. The van der Waals surface area contributed by atoms with Crippen molar-refractivity contribution in [1.82, 2.24) is 0 Å². The summed E-state index contributed by atoms with van der Waals surface area (Å²) in [5, 5.41) is 1.16. The molecule has 2 heteroatoms. The molecule has 0 atom stereocenters. The molecular formula is C9H10NO+. The normalized spacial score (nSPS) is 10.6. The fraction of sp³-hybridized carbons (Fsp3) is 0.111. The molecule has 11 heavy (non-hydrogen) atoms. The quantitative estimate of drug-likeness (QED) is 0.648. The standard InChI is InChI=1S/C9H9NO/c10-6-7-1-2-9-8(5-7)3-4-11-9/h1-5H,6,10H2/p+1. The van der Waals surface area contributed by atoms with Crippen LogP contribution in [0.3, 0.4) is 0 Å². The molecule has 0 radical (unpaired) electrons. The van der Waals surface area contributed by atoms with E-state index in [1.165, 1.54) is 5.56 Å². The fourth-order valence-electron chi connectivity index (χ4n) is 1.17. The van der Waals surface area contributed by atoms with Crippen molar-refractivity contribution in [2.45, 2.75) is 6.54 Å². The van der Waals surface area contributed by atoms with Crippen molar-refractivity contribution in [2.75, 3.05) is 0 Å². The molecular weight excluding hydrogens is 138 g/mol. The Hall–Kier alpha value is -1.28. The van der Waals surface area contributed by atoms with Gasteiger partial charge in [-0.05, 0) is 24.3 Å². The monoisotopic (exact) mass is 148 g/mol. The van der Waals surface area contributed by atoms with Crippen molar-refractivity contribution in [2.24, 2.45) is 0 Å². The Morgan fingerprint density at radius 1 is 1.27 bits per heavy atom. The highest BCUT2D eigenvalue weighted by Crippen LogP contribution is 2.15. The van der Waals surface area contributed by atoms with E-state index in [1.807, 2.05) is 18.2 Å². The molecule has 3 N–H and O–H groups in total. The Kier molecular flexibility index (Phi) is 1.40. The minimum atomic E-state index is 0.834. The zero-order valence-corrected chi connectivity index (χ0v) is 6.21. The van der Waals surface area contributed by atoms with Crippen molar-refractivity contribution in [3.63, 3.8) is 0 Å². The summed E-state index contributed by atoms with van der Waals surface area (Å²) in [6, 6.07) is 8.09. The maximum Gasteiger partial charge on any atom is 0.133 e. The van der Waals surface area contributed by atoms with Crippen molar-refractivity contribution < 1.29 is 10.2 Å². The van der Waals surface area contributed by atoms with Gasteiger partial charge in [0.1, 0.15) is 5.58 Å². The summed E-state index contributed by atoms with van der Waals surface area (Å²) in [6.07, 6.45) is 1.71. The smallest absolute Gasteiger partial charge is 0.133 e. The molecule has 0 fully saturated rings. The summed E-state index contributed by atoms with van der Waals surface area (Å²) >= 11 is 0. The van der Waals surface area contributed by atoms with E-state index < -0.39 is 0 Å². The molecule has 0 amide bonds. The van der Waals surface area contributed by atoms with Crippen LogP contribution < -0.4 is 5.73 Å². The zero-order chi connectivity index (χ0) is 7.68. The van der Waals surface area contributed by atoms with Gasteiger partial charge in [-0.1, -0.05) is 0 Å². The predicted molar refractivity (Wildman–Crippen MR) is 42.8 cm³/mol. The predicted octanol–water partition coefficient (Wildman–Crippen LogP) is 1.17. The van der Waals surface area contributed by atoms with Crippen LogP contribution in [0.4, 0.5) is 0 Å². The van der Waals surface area contributed by atoms with Crippen molar-refractivity contribution in [3.05, 3.63) is 36.1 Å². The van der Waals surface area contributed by atoms with Gasteiger partial charge < -0.3 is 10.2 Å². The van der Waals surface area contributed by atoms with Crippen LogP contribution in [0, 0.1) is 0 Å². The van der Waals surface area contributed by atoms with E-state index in [0.717, 1.165) is 17.5 Å². The Morgan fingerprint density at radius 3 is 3.00 bits per heavy atom. The lowest BCUT2D eigenvalue weighted by Gasteiger charge is -1.91. The van der Waals surface area contributed by atoms with Crippen molar-refractivity contribution in [3.8, 4) is 0 Å². The van der Waals surface area contributed by atoms with Gasteiger partial charge in [-0.25, -0.2) is 0 Å². The lowest BCUT2D eigenvalue weighted by atomic mass is 10.2. The minimum Gasteiger partial charge on any atom is -0.464 e. The van der Waals surface area contributed by atoms with Crippen LogP contribution in [0.5, 0.6) is 0 Å². The Labute approximate surface area is 64.6 Å². The molecule has 0 aliphatic rings. The van der Waals surface area contributed by atoms with Gasteiger partial charge in [0.25, 0.3) is 0 Å². The van der Waals surface area contributed by atoms with E-state index in [9.17, 15) is 0 Å². The van der Waals surface area contributed by atoms with Gasteiger partial charge in [0, 0.05) is 10.9 Å². The summed E-state index contributed by atoms with van der Waals surface area (Å²) in [5.41, 5.74) is 6.01. The van der Waals surface area contributed by atoms with E-state index in [4.69, 9.17) is 4.42 Å². The van der Waals surface area contributed by atoms with Gasteiger partial charge >= 0.3 is 0 Å². The molecule has 0 saturated carbocycles. The Bertz CT molecular complexity index is 364. The summed E-state index contributed by atoms with van der Waals surface area (Å²) in [7, 11) is 0. The van der Waals surface area contributed by atoms with Gasteiger partial charge in [-0.15, -0.1) is 0 Å². The Morgan fingerprint density at radius 2 is 2.18 bits per heavy atom. The van der Waals surface area contributed by atoms with Crippen LogP contribution in [-0.4, -0.2) is 0 Å². The summed E-state index contributed by atoms with van der Waals surface area (Å²) in [4.78, 5) is 0. The van der Waals surface area contributed by atoms with Gasteiger partial charge in [-0.2, -0.15) is 0 Å². The maximum atomic E-state index is 5.20. The molecule has 1 heterocycles. The number of quaternary nitrogens is 1. The molecule has 0 bridgehead atoms. The van der Waals surface area contributed by atoms with Crippen molar-refractivity contribution >= 4 is 11.0 Å². The van der Waals surface area contributed by atoms with Crippen LogP contribution in [0.15, 0.2) is 34.9 Å². The van der Waals surface area contributed by atoms with Crippen LogP contribution >= 0.6 is 0 Å². The molecule has 2 rings (SSSR count). The molecule has 0 saturated heterocycles. The zero-order valence-electron chi connectivity index (χ0n) is 6.21. The maximum absolute atomic E-state index is 5.20. The lowest BCUT2D eigenvalue weighted by Crippen LogP contribution is -2.47. The molecule has 1 aromatic heterocycles. The lowest BCUT2D eigenvalue weighted by molar-refractivity contribution is -0.386. The molecule has 0 aliphatic heterocycles. The largest absolute Gasteiger partial charge is 0.464 e. The second kappa shape index (κ2) is 2.40. The highest BCUT2D eigenvalue weighted by molar-refractivity contribution is 5.77. The molecule has 0 aliphatic carbocycles. The molecule has 1 aromatic carbocycles. The third kappa shape index (κ3) is 1.01. The average molecular weight is 148 g/mol. The second-order valence-corrected chi connectivity index (χ2v) is 2.54. The first-order valence-electron chi connectivity index (χ1n) is 3.65. The highest BCUT2D eigenvalue weighted by Gasteiger charge is 1.97. The minimum absolute atomic E-state index is 0.834. The molecule has 2 nitrogen and oxygen atoms in total. The second-order valence-electron chi connectivity index (χ2n) is 2.54. The van der Waals surface area contributed by atoms with Gasteiger partial charge in [0.15, 0.2) is 0 Å². The SMILES string of the molecule is [NH3+]Cc1ccc2occc2c1. The number of fused-ring (bicyclic) bond motifs is 1. The molecule has 0 unspecified atom stereocenters. The van der Waals surface area contributed by atoms with Gasteiger partial charge in [0.2, 0.25) is 0 Å². The Balaban J connectivity index is 2.67. The van der Waals surface area contributed by atoms with Crippen LogP contribution in [0.25, 0.3) is 11.0 Å². The number of hydrogen-bond donors (Lipinski definition) is 1. The molecule has 0 spiro atoms. The summed E-state index contributed by atoms with van der Waals surface area (Å²) < 4.78 is 5.20. The van der Waals surface area contributed by atoms with E-state index in [0.29, 0.717) is 0 Å². The van der Waals surface area contributed by atoms with E-state index in [1.54, 1.807) is 6.26 Å². The summed E-state index contributed by atoms with van der Waals surface area (Å²) in [6.45, 7) is 0.834. The average Bonchev–Trinajstić information content (AvgIpc) is 2.50. The van der Waals surface area contributed by atoms with E-state index in [-0.39, 0.29) is 0 Å². The van der Waals surface area contributed by atoms with Gasteiger partial charge in [0.05, 0.1) is 12.8 Å². The topological polar surface area (TPSA) is 40.8 Å². The first kappa shape index (κ1) is 6.43. The van der Waals surface area contributed by atoms with Crippen LogP contribution in [0.1, 0.15) is 5.56 Å². The third-order valence-electron chi connectivity index (χ3n) is 1.81. The van der Waals surface area contributed by atoms with Crippen molar-refractivity contribution in [1.29, 1.82) is 0 Å². The summed E-state index contributed by atoms with van der Waals surface area (Å²) in [5.74, 6) is 0. The molecule has 2 aromatic rings. The fourth-order valence-corrected chi connectivity index (χ4v) is 1.17. The number of benzene rings is 1. The highest BCUT2D eigenvalue weighted by atomic mass is 16.3. The number of furan rings is 1. The number of rotatable bonds is 1. The number of hydrogen-bond acceptors (Lipinski definition) is 1.